The highest BCUT2D eigenvalue weighted by atomic mass is 16.6. The average Bonchev–Trinajstić information content (AvgIpc) is 3.08. The van der Waals surface area contributed by atoms with Crippen LogP contribution < -0.4 is 5.32 Å². The van der Waals surface area contributed by atoms with E-state index in [-0.39, 0.29) is 23.9 Å². The Balaban J connectivity index is 1.54. The van der Waals surface area contributed by atoms with Gasteiger partial charge in [0.25, 0.3) is 5.69 Å². The molecular formula is C16H20N2O4. The maximum atomic E-state index is 12.1. The molecular weight excluding hydrogens is 284 g/mol. The lowest BCUT2D eigenvalue weighted by Crippen LogP contribution is -2.27. The maximum Gasteiger partial charge on any atom is 0.270 e. The van der Waals surface area contributed by atoms with Crippen LogP contribution in [-0.4, -0.2) is 15.9 Å². The van der Waals surface area contributed by atoms with E-state index in [2.05, 4.69) is 5.32 Å². The van der Waals surface area contributed by atoms with E-state index in [4.69, 9.17) is 0 Å². The second-order valence-corrected chi connectivity index (χ2v) is 6.49. The number of nitro benzene ring substituents is 1. The van der Waals surface area contributed by atoms with Crippen LogP contribution in [0.2, 0.25) is 0 Å². The van der Waals surface area contributed by atoms with E-state index >= 15 is 0 Å². The van der Waals surface area contributed by atoms with Gasteiger partial charge in [-0.1, -0.05) is 6.42 Å². The van der Waals surface area contributed by atoms with Crippen molar-refractivity contribution in [1.82, 2.24) is 5.32 Å². The predicted molar refractivity (Wildman–Crippen MR) is 80.2 cm³/mol. The number of carbonyl (C=O) groups is 1. The van der Waals surface area contributed by atoms with Crippen LogP contribution in [0.4, 0.5) is 5.69 Å². The number of rotatable bonds is 5. The van der Waals surface area contributed by atoms with Crippen molar-refractivity contribution in [3.63, 3.8) is 0 Å². The van der Waals surface area contributed by atoms with Crippen LogP contribution in [0.25, 0.3) is 0 Å². The van der Waals surface area contributed by atoms with Gasteiger partial charge in [0.1, 0.15) is 5.75 Å². The topological polar surface area (TPSA) is 92.5 Å². The van der Waals surface area contributed by atoms with Crippen molar-refractivity contribution in [1.29, 1.82) is 0 Å². The first-order chi connectivity index (χ1) is 10.5. The van der Waals surface area contributed by atoms with Gasteiger partial charge in [-0.2, -0.15) is 0 Å². The molecule has 3 rings (SSSR count). The molecule has 2 bridgehead atoms. The number of non-ortho nitro benzene ring substituents is 1. The Morgan fingerprint density at radius 1 is 1.36 bits per heavy atom. The molecule has 1 aromatic carbocycles. The predicted octanol–water partition coefficient (Wildman–Crippen LogP) is 2.74. The van der Waals surface area contributed by atoms with Crippen molar-refractivity contribution in [3.05, 3.63) is 33.9 Å². The molecule has 2 aliphatic rings. The third-order valence-electron chi connectivity index (χ3n) is 5.08. The molecule has 6 nitrogen and oxygen atoms in total. The van der Waals surface area contributed by atoms with Crippen LogP contribution in [0.1, 0.15) is 37.7 Å². The lowest BCUT2D eigenvalue weighted by atomic mass is 9.86. The number of nitro groups is 1. The Bertz CT molecular complexity index is 602. The van der Waals surface area contributed by atoms with E-state index in [0.29, 0.717) is 23.8 Å². The zero-order chi connectivity index (χ0) is 15.7. The Morgan fingerprint density at radius 2 is 2.18 bits per heavy atom. The van der Waals surface area contributed by atoms with E-state index in [0.717, 1.165) is 12.3 Å². The van der Waals surface area contributed by atoms with E-state index < -0.39 is 4.92 Å². The lowest BCUT2D eigenvalue weighted by Gasteiger charge is -2.20. The van der Waals surface area contributed by atoms with E-state index in [1.807, 2.05) is 0 Å². The highest BCUT2D eigenvalue weighted by Gasteiger charge is 2.40. The first-order valence-corrected chi connectivity index (χ1v) is 7.76. The van der Waals surface area contributed by atoms with Gasteiger partial charge in [0, 0.05) is 30.7 Å². The number of aromatic hydroxyl groups is 1. The van der Waals surface area contributed by atoms with Gasteiger partial charge in [-0.15, -0.1) is 0 Å². The third-order valence-corrected chi connectivity index (χ3v) is 5.08. The largest absolute Gasteiger partial charge is 0.508 e. The van der Waals surface area contributed by atoms with Crippen LogP contribution in [-0.2, 0) is 11.3 Å². The summed E-state index contributed by atoms with van der Waals surface area (Å²) in [5, 5.41) is 23.2. The average molecular weight is 304 g/mol. The molecule has 2 fully saturated rings. The SMILES string of the molecule is O=C(C[C@@H]1C[C@@H]2CC[C@@H]1C2)NCc1cc([N+](=O)[O-])ccc1O. The van der Waals surface area contributed by atoms with Gasteiger partial charge in [0.05, 0.1) is 4.92 Å². The van der Waals surface area contributed by atoms with Crippen molar-refractivity contribution < 1.29 is 14.8 Å². The van der Waals surface area contributed by atoms with Gasteiger partial charge < -0.3 is 10.4 Å². The molecule has 0 heterocycles. The first kappa shape index (κ1) is 14.8. The molecule has 6 heteroatoms. The number of hydrogen-bond acceptors (Lipinski definition) is 4. The minimum Gasteiger partial charge on any atom is -0.508 e. The monoisotopic (exact) mass is 304 g/mol. The molecule has 0 unspecified atom stereocenters. The van der Waals surface area contributed by atoms with Crippen LogP contribution in [0.15, 0.2) is 18.2 Å². The second kappa shape index (κ2) is 5.94. The zero-order valence-corrected chi connectivity index (χ0v) is 12.3. The molecule has 118 valence electrons. The number of hydrogen-bond donors (Lipinski definition) is 2. The van der Waals surface area contributed by atoms with Crippen molar-refractivity contribution >= 4 is 11.6 Å². The maximum absolute atomic E-state index is 12.1. The number of phenols is 1. The van der Waals surface area contributed by atoms with Gasteiger partial charge in [-0.25, -0.2) is 0 Å². The van der Waals surface area contributed by atoms with Crippen LogP contribution >= 0.6 is 0 Å². The first-order valence-electron chi connectivity index (χ1n) is 7.76. The molecule has 2 N–H and O–H groups in total. The molecule has 0 radical (unpaired) electrons. The Hall–Kier alpha value is -2.11. The minimum atomic E-state index is -0.514. The number of fused-ring (bicyclic) bond motifs is 2. The fraction of sp³-hybridized carbons (Fsp3) is 0.562. The van der Waals surface area contributed by atoms with Gasteiger partial charge >= 0.3 is 0 Å². The Morgan fingerprint density at radius 3 is 2.82 bits per heavy atom. The highest BCUT2D eigenvalue weighted by molar-refractivity contribution is 5.76. The summed E-state index contributed by atoms with van der Waals surface area (Å²) in [6, 6.07) is 3.83. The van der Waals surface area contributed by atoms with Gasteiger partial charge in [0.15, 0.2) is 0 Å². The van der Waals surface area contributed by atoms with Crippen LogP contribution in [0.3, 0.4) is 0 Å². The summed E-state index contributed by atoms with van der Waals surface area (Å²) in [6.07, 6.45) is 5.50. The fourth-order valence-electron chi connectivity index (χ4n) is 3.96. The molecule has 0 aromatic heterocycles. The summed E-state index contributed by atoms with van der Waals surface area (Å²) >= 11 is 0. The van der Waals surface area contributed by atoms with E-state index in [1.54, 1.807) is 0 Å². The molecule has 0 spiro atoms. The molecule has 3 atom stereocenters. The molecule has 0 saturated heterocycles. The molecule has 1 aromatic rings. The van der Waals surface area contributed by atoms with E-state index in [9.17, 15) is 20.0 Å². The fourth-order valence-corrected chi connectivity index (χ4v) is 3.96. The Kier molecular flexibility index (Phi) is 4.00. The van der Waals surface area contributed by atoms with Crippen LogP contribution in [0.5, 0.6) is 5.75 Å². The molecule has 2 saturated carbocycles. The summed E-state index contributed by atoms with van der Waals surface area (Å²) in [4.78, 5) is 22.3. The quantitative estimate of drug-likeness (QED) is 0.646. The summed E-state index contributed by atoms with van der Waals surface area (Å²) in [5.41, 5.74) is 0.283. The number of benzene rings is 1. The van der Waals surface area contributed by atoms with Crippen molar-refractivity contribution in [2.75, 3.05) is 0 Å². The van der Waals surface area contributed by atoms with Crippen molar-refractivity contribution in [2.24, 2.45) is 17.8 Å². The van der Waals surface area contributed by atoms with Crippen molar-refractivity contribution in [3.8, 4) is 5.75 Å². The molecule has 1 amide bonds. The second-order valence-electron chi connectivity index (χ2n) is 6.49. The summed E-state index contributed by atoms with van der Waals surface area (Å²) in [6.45, 7) is 0.118. The molecule has 2 aliphatic carbocycles. The Labute approximate surface area is 128 Å². The van der Waals surface area contributed by atoms with E-state index in [1.165, 1.54) is 37.5 Å². The number of nitrogens with one attached hydrogen (secondary N) is 1. The van der Waals surface area contributed by atoms with Gasteiger partial charge in [-0.05, 0) is 43.1 Å². The summed E-state index contributed by atoms with van der Waals surface area (Å²) in [7, 11) is 0. The summed E-state index contributed by atoms with van der Waals surface area (Å²) in [5.74, 6) is 1.91. The van der Waals surface area contributed by atoms with Crippen LogP contribution in [0, 0.1) is 27.9 Å². The lowest BCUT2D eigenvalue weighted by molar-refractivity contribution is -0.384. The highest BCUT2D eigenvalue weighted by Crippen LogP contribution is 2.49. The molecule has 22 heavy (non-hydrogen) atoms. The normalized spacial score (nSPS) is 26.1. The standard InChI is InChI=1S/C16H20N2O4/c19-15-4-3-14(18(21)22)7-13(15)9-17-16(20)8-12-6-10-1-2-11(12)5-10/h3-4,7,10-12,19H,1-2,5-6,8-9H2,(H,17,20)/t10-,11-,12+/m1/s1. The number of nitrogens with zero attached hydrogens (tertiary/aromatic N) is 1. The third kappa shape index (κ3) is 3.05. The minimum absolute atomic E-state index is 0.0363. The van der Waals surface area contributed by atoms with Gasteiger partial charge in [0.2, 0.25) is 5.91 Å². The summed E-state index contributed by atoms with van der Waals surface area (Å²) < 4.78 is 0. The number of phenolic OH excluding ortho intramolecular Hbond substituents is 1. The number of amides is 1. The number of carbonyl (C=O) groups excluding carboxylic acids is 1. The van der Waals surface area contributed by atoms with Crippen molar-refractivity contribution in [2.45, 2.75) is 38.6 Å². The zero-order valence-electron chi connectivity index (χ0n) is 12.3. The molecule has 0 aliphatic heterocycles. The smallest absolute Gasteiger partial charge is 0.270 e. The van der Waals surface area contributed by atoms with Gasteiger partial charge in [-0.3, -0.25) is 14.9 Å².